The van der Waals surface area contributed by atoms with Gasteiger partial charge in [-0.1, -0.05) is 0 Å². The number of hydrogen-bond acceptors (Lipinski definition) is 7. The molecule has 0 saturated carbocycles. The molecule has 0 aromatic carbocycles. The van der Waals surface area contributed by atoms with Gasteiger partial charge in [-0.3, -0.25) is 4.98 Å². The predicted molar refractivity (Wildman–Crippen MR) is 94.8 cm³/mol. The van der Waals surface area contributed by atoms with Crippen molar-refractivity contribution in [3.63, 3.8) is 0 Å². The van der Waals surface area contributed by atoms with Gasteiger partial charge in [0.25, 0.3) is 0 Å². The number of anilines is 2. The van der Waals surface area contributed by atoms with Crippen LogP contribution in [0.4, 0.5) is 11.5 Å². The highest BCUT2D eigenvalue weighted by Crippen LogP contribution is 2.39. The predicted octanol–water partition coefficient (Wildman–Crippen LogP) is 2.02. The van der Waals surface area contributed by atoms with Gasteiger partial charge in [0.05, 0.1) is 40.5 Å². The molecule has 25 heavy (non-hydrogen) atoms. The molecule has 1 aliphatic heterocycles. The molecule has 3 aromatic heterocycles. The first kappa shape index (κ1) is 15.8. The van der Waals surface area contributed by atoms with Crippen LogP contribution in [-0.4, -0.2) is 36.8 Å². The molecule has 8 heteroatoms. The number of rotatable bonds is 2. The van der Waals surface area contributed by atoms with Gasteiger partial charge in [-0.05, 0) is 26.7 Å². The minimum atomic E-state index is -0.205. The number of nitrogens with zero attached hydrogens (tertiary/aromatic N) is 5. The van der Waals surface area contributed by atoms with Gasteiger partial charge >= 0.3 is 0 Å². The van der Waals surface area contributed by atoms with E-state index in [1.165, 1.54) is 0 Å². The van der Waals surface area contributed by atoms with Crippen molar-refractivity contribution in [2.24, 2.45) is 0 Å². The topological polar surface area (TPSA) is 117 Å². The molecule has 4 N–H and O–H groups in total. The minimum absolute atomic E-state index is 0.188. The quantitative estimate of drug-likeness (QED) is 0.733. The summed E-state index contributed by atoms with van der Waals surface area (Å²) in [6.45, 7) is 4.84. The molecule has 3 aromatic rings. The van der Waals surface area contributed by atoms with Crippen molar-refractivity contribution in [2.75, 3.05) is 18.1 Å². The highest BCUT2D eigenvalue weighted by Gasteiger charge is 2.32. The van der Waals surface area contributed by atoms with Gasteiger partial charge in [0.1, 0.15) is 0 Å². The lowest BCUT2D eigenvalue weighted by Gasteiger charge is -2.35. The summed E-state index contributed by atoms with van der Waals surface area (Å²) >= 11 is 0. The zero-order valence-electron chi connectivity index (χ0n) is 14.3. The Labute approximate surface area is 145 Å². The zero-order chi connectivity index (χ0) is 17.6. The number of fused-ring (bicyclic) bond motifs is 1. The SMILES string of the molecule is CC1(C)CC(c2nc(-c3cnn4ccncc34)nc(N)c2N)CCO1. The van der Waals surface area contributed by atoms with E-state index in [2.05, 4.69) is 28.9 Å². The van der Waals surface area contributed by atoms with E-state index in [4.69, 9.17) is 21.2 Å². The molecule has 0 amide bonds. The first-order valence-electron chi connectivity index (χ1n) is 8.29. The van der Waals surface area contributed by atoms with Gasteiger partial charge in [-0.2, -0.15) is 5.10 Å². The highest BCUT2D eigenvalue weighted by atomic mass is 16.5. The second-order valence-corrected chi connectivity index (χ2v) is 6.99. The van der Waals surface area contributed by atoms with E-state index in [1.54, 1.807) is 29.3 Å². The Bertz CT molecular complexity index is 934. The summed E-state index contributed by atoms with van der Waals surface area (Å²) in [4.78, 5) is 13.3. The first-order valence-corrected chi connectivity index (χ1v) is 8.29. The third-order valence-electron chi connectivity index (χ3n) is 4.65. The van der Waals surface area contributed by atoms with Gasteiger partial charge in [0.15, 0.2) is 11.6 Å². The summed E-state index contributed by atoms with van der Waals surface area (Å²) in [5.41, 5.74) is 15.0. The Morgan fingerprint density at radius 1 is 1.24 bits per heavy atom. The van der Waals surface area contributed by atoms with Gasteiger partial charge in [-0.25, -0.2) is 14.5 Å². The molecule has 0 spiro atoms. The number of aromatic nitrogens is 5. The molecular weight excluding hydrogens is 318 g/mol. The van der Waals surface area contributed by atoms with Crippen molar-refractivity contribution in [3.8, 4) is 11.4 Å². The summed E-state index contributed by atoms with van der Waals surface area (Å²) < 4.78 is 7.54. The third kappa shape index (κ3) is 2.78. The standard InChI is InChI=1S/C17H21N7O/c1-17(2)7-10(3-6-25-17)14-13(18)15(19)23-16(22-14)11-8-21-24-5-4-20-9-12(11)24/h4-5,8-10H,3,6-7,18H2,1-2H3,(H2,19,22,23). The fourth-order valence-electron chi connectivity index (χ4n) is 3.41. The molecule has 0 bridgehead atoms. The van der Waals surface area contributed by atoms with E-state index in [0.29, 0.717) is 23.9 Å². The van der Waals surface area contributed by atoms with Crippen LogP contribution in [0.5, 0.6) is 0 Å². The van der Waals surface area contributed by atoms with Crippen molar-refractivity contribution in [2.45, 2.75) is 38.2 Å². The molecular formula is C17H21N7O. The van der Waals surface area contributed by atoms with Crippen LogP contribution in [0, 0.1) is 0 Å². The summed E-state index contributed by atoms with van der Waals surface area (Å²) in [6.07, 6.45) is 8.61. The Kier molecular flexibility index (Phi) is 3.57. The van der Waals surface area contributed by atoms with Crippen LogP contribution in [0.1, 0.15) is 38.3 Å². The van der Waals surface area contributed by atoms with Crippen LogP contribution in [0.2, 0.25) is 0 Å². The monoisotopic (exact) mass is 339 g/mol. The van der Waals surface area contributed by atoms with Gasteiger partial charge < -0.3 is 16.2 Å². The van der Waals surface area contributed by atoms with Crippen molar-refractivity contribution in [1.29, 1.82) is 0 Å². The molecule has 0 radical (unpaired) electrons. The highest BCUT2D eigenvalue weighted by molar-refractivity contribution is 5.77. The summed E-state index contributed by atoms with van der Waals surface area (Å²) in [5.74, 6) is 1.01. The number of ether oxygens (including phenoxy) is 1. The van der Waals surface area contributed by atoms with Gasteiger partial charge in [-0.15, -0.1) is 0 Å². The number of nitrogens with two attached hydrogens (primary N) is 2. The van der Waals surface area contributed by atoms with Crippen LogP contribution in [-0.2, 0) is 4.74 Å². The fraction of sp³-hybridized carbons (Fsp3) is 0.412. The largest absolute Gasteiger partial charge is 0.394 e. The molecule has 8 nitrogen and oxygen atoms in total. The minimum Gasteiger partial charge on any atom is -0.394 e. The van der Waals surface area contributed by atoms with Crippen LogP contribution in [0.15, 0.2) is 24.8 Å². The summed E-state index contributed by atoms with van der Waals surface area (Å²) in [5, 5.41) is 4.32. The second-order valence-electron chi connectivity index (χ2n) is 6.99. The lowest BCUT2D eigenvalue weighted by molar-refractivity contribution is -0.0596. The summed E-state index contributed by atoms with van der Waals surface area (Å²) in [6, 6.07) is 0. The van der Waals surface area contributed by atoms with Crippen molar-refractivity contribution in [3.05, 3.63) is 30.5 Å². The van der Waals surface area contributed by atoms with E-state index in [1.807, 2.05) is 0 Å². The molecule has 130 valence electrons. The fourth-order valence-corrected chi connectivity index (χ4v) is 3.41. The van der Waals surface area contributed by atoms with Gasteiger partial charge in [0, 0.05) is 24.9 Å². The summed E-state index contributed by atoms with van der Waals surface area (Å²) in [7, 11) is 0. The average molecular weight is 339 g/mol. The number of nitrogen functional groups attached to an aromatic ring is 2. The van der Waals surface area contributed by atoms with Gasteiger partial charge in [0.2, 0.25) is 0 Å². The first-order chi connectivity index (χ1) is 11.9. The number of hydrogen-bond donors (Lipinski definition) is 2. The Morgan fingerprint density at radius 2 is 2.08 bits per heavy atom. The Balaban J connectivity index is 1.82. The molecule has 1 saturated heterocycles. The van der Waals surface area contributed by atoms with E-state index in [0.717, 1.165) is 29.6 Å². The molecule has 1 aliphatic rings. The van der Waals surface area contributed by atoms with Crippen LogP contribution in [0.3, 0.4) is 0 Å². The lowest BCUT2D eigenvalue weighted by Crippen LogP contribution is -2.33. The van der Waals surface area contributed by atoms with E-state index >= 15 is 0 Å². The van der Waals surface area contributed by atoms with Crippen LogP contribution in [0.25, 0.3) is 16.9 Å². The molecule has 4 rings (SSSR count). The maximum Gasteiger partial charge on any atom is 0.165 e. The third-order valence-corrected chi connectivity index (χ3v) is 4.65. The second kappa shape index (κ2) is 5.66. The molecule has 0 aliphatic carbocycles. The van der Waals surface area contributed by atoms with Crippen molar-refractivity contribution >= 4 is 17.0 Å². The molecule has 1 unspecified atom stereocenters. The molecule has 1 atom stereocenters. The maximum atomic E-state index is 6.21. The van der Waals surface area contributed by atoms with E-state index in [9.17, 15) is 0 Å². The van der Waals surface area contributed by atoms with E-state index in [-0.39, 0.29) is 11.5 Å². The zero-order valence-corrected chi connectivity index (χ0v) is 14.3. The normalized spacial score (nSPS) is 20.0. The van der Waals surface area contributed by atoms with Crippen molar-refractivity contribution < 1.29 is 4.74 Å². The maximum absolute atomic E-state index is 6.21. The van der Waals surface area contributed by atoms with Crippen LogP contribution < -0.4 is 11.5 Å². The average Bonchev–Trinajstić information content (AvgIpc) is 3.00. The molecule has 4 heterocycles. The smallest absolute Gasteiger partial charge is 0.165 e. The van der Waals surface area contributed by atoms with Crippen molar-refractivity contribution in [1.82, 2.24) is 24.6 Å². The Hall–Kier alpha value is -2.74. The Morgan fingerprint density at radius 3 is 2.88 bits per heavy atom. The molecule has 1 fully saturated rings. The van der Waals surface area contributed by atoms with E-state index < -0.39 is 0 Å². The van der Waals surface area contributed by atoms with Crippen LogP contribution >= 0.6 is 0 Å². The lowest BCUT2D eigenvalue weighted by atomic mass is 9.85.